The molecular weight excluding hydrogens is 253 g/mol. The molecule has 0 aromatic heterocycles. The van der Waals surface area contributed by atoms with E-state index < -0.39 is 11.1 Å². The molecule has 2 aromatic carbocycles. The van der Waals surface area contributed by atoms with Gasteiger partial charge in [0.25, 0.3) is 0 Å². The van der Waals surface area contributed by atoms with Gasteiger partial charge >= 0.3 is 0 Å². The summed E-state index contributed by atoms with van der Waals surface area (Å²) < 4.78 is 32.3. The van der Waals surface area contributed by atoms with Crippen LogP contribution < -0.4 is 5.73 Å². The number of hydrogen-bond donors (Lipinski definition) is 2. The van der Waals surface area contributed by atoms with Crippen molar-refractivity contribution in [3.05, 3.63) is 53.8 Å². The smallest absolute Gasteiger partial charge is 0.157 e. The van der Waals surface area contributed by atoms with Gasteiger partial charge in [0.15, 0.2) is 11.1 Å². The predicted molar refractivity (Wildman–Crippen MR) is 70.7 cm³/mol. The molecule has 94 valence electrons. The van der Waals surface area contributed by atoms with E-state index in [1.54, 1.807) is 30.3 Å². The summed E-state index contributed by atoms with van der Waals surface area (Å²) in [4.78, 5) is 0. The van der Waals surface area contributed by atoms with Gasteiger partial charge in [-0.3, -0.25) is 0 Å². The van der Waals surface area contributed by atoms with Crippen LogP contribution in [-0.2, 0) is 16.8 Å². The van der Waals surface area contributed by atoms with Gasteiger partial charge in [-0.2, -0.15) is 0 Å². The lowest BCUT2D eigenvalue weighted by atomic mass is 10.0. The maximum absolute atomic E-state index is 12.8. The standard InChI is InChI=1S/C13H12FNO2S/c14-11-4-2-10(3-5-11)12-6-1-9(7-13(12)15)8-18(16)17/h1-7H,8,15H2,(H,16,17). The van der Waals surface area contributed by atoms with Crippen molar-refractivity contribution in [1.29, 1.82) is 0 Å². The van der Waals surface area contributed by atoms with E-state index in [2.05, 4.69) is 0 Å². The van der Waals surface area contributed by atoms with Crippen LogP contribution in [0.1, 0.15) is 5.56 Å². The third-order valence-electron chi connectivity index (χ3n) is 2.56. The van der Waals surface area contributed by atoms with E-state index in [-0.39, 0.29) is 11.6 Å². The van der Waals surface area contributed by atoms with Crippen LogP contribution in [0, 0.1) is 5.82 Å². The van der Waals surface area contributed by atoms with Crippen molar-refractivity contribution in [3.63, 3.8) is 0 Å². The van der Waals surface area contributed by atoms with E-state index in [1.165, 1.54) is 12.1 Å². The molecule has 5 heteroatoms. The fraction of sp³-hybridized carbons (Fsp3) is 0.0769. The van der Waals surface area contributed by atoms with Crippen LogP contribution in [-0.4, -0.2) is 8.76 Å². The number of nitrogens with two attached hydrogens (primary N) is 1. The lowest BCUT2D eigenvalue weighted by Gasteiger charge is -2.07. The zero-order valence-corrected chi connectivity index (χ0v) is 10.3. The first-order valence-electron chi connectivity index (χ1n) is 5.28. The number of hydrogen-bond acceptors (Lipinski definition) is 2. The summed E-state index contributed by atoms with van der Waals surface area (Å²) in [5.41, 5.74) is 8.68. The zero-order valence-electron chi connectivity index (χ0n) is 9.47. The average Bonchev–Trinajstić information content (AvgIpc) is 2.30. The molecule has 0 aliphatic heterocycles. The largest absolute Gasteiger partial charge is 0.398 e. The Labute approximate surface area is 107 Å². The molecule has 0 amide bonds. The third-order valence-corrected chi connectivity index (χ3v) is 3.14. The molecule has 0 aliphatic carbocycles. The van der Waals surface area contributed by atoms with Crippen LogP contribution >= 0.6 is 0 Å². The monoisotopic (exact) mass is 265 g/mol. The molecule has 1 atom stereocenters. The van der Waals surface area contributed by atoms with Crippen LogP contribution in [0.4, 0.5) is 10.1 Å². The molecular formula is C13H12FNO2S. The lowest BCUT2D eigenvalue weighted by molar-refractivity contribution is 0.563. The number of rotatable bonds is 3. The summed E-state index contributed by atoms with van der Waals surface area (Å²) in [6.07, 6.45) is 0. The van der Waals surface area contributed by atoms with Crippen molar-refractivity contribution in [1.82, 2.24) is 0 Å². The summed E-state index contributed by atoms with van der Waals surface area (Å²) in [7, 11) is 0. The Bertz CT molecular complexity index is 584. The van der Waals surface area contributed by atoms with Gasteiger partial charge in [-0.05, 0) is 29.3 Å². The summed E-state index contributed by atoms with van der Waals surface area (Å²) >= 11 is -1.88. The second kappa shape index (κ2) is 5.29. The van der Waals surface area contributed by atoms with Gasteiger partial charge in [0, 0.05) is 11.3 Å². The number of halogens is 1. The van der Waals surface area contributed by atoms with Gasteiger partial charge in [0.05, 0.1) is 5.75 Å². The summed E-state index contributed by atoms with van der Waals surface area (Å²) in [6, 6.07) is 11.2. The molecule has 0 saturated heterocycles. The van der Waals surface area contributed by atoms with Crippen molar-refractivity contribution in [2.24, 2.45) is 0 Å². The molecule has 18 heavy (non-hydrogen) atoms. The molecule has 0 saturated carbocycles. The Balaban J connectivity index is 2.35. The van der Waals surface area contributed by atoms with E-state index in [4.69, 9.17) is 10.3 Å². The van der Waals surface area contributed by atoms with Crippen LogP contribution in [0.2, 0.25) is 0 Å². The van der Waals surface area contributed by atoms with Crippen molar-refractivity contribution in [3.8, 4) is 11.1 Å². The summed E-state index contributed by atoms with van der Waals surface area (Å²) in [5.74, 6) is -0.252. The van der Waals surface area contributed by atoms with Crippen LogP contribution in [0.15, 0.2) is 42.5 Å². The minimum atomic E-state index is -1.88. The van der Waals surface area contributed by atoms with Gasteiger partial charge in [0.1, 0.15) is 5.82 Å². The number of benzene rings is 2. The minimum absolute atomic E-state index is 0.0495. The Kier molecular flexibility index (Phi) is 3.74. The molecule has 1 unspecified atom stereocenters. The van der Waals surface area contributed by atoms with Crippen molar-refractivity contribution in [2.45, 2.75) is 5.75 Å². The van der Waals surface area contributed by atoms with Gasteiger partial charge in [-0.15, -0.1) is 0 Å². The Hall–Kier alpha value is -1.72. The maximum atomic E-state index is 12.8. The lowest BCUT2D eigenvalue weighted by Crippen LogP contribution is -1.96. The van der Waals surface area contributed by atoms with E-state index in [0.717, 1.165) is 11.1 Å². The van der Waals surface area contributed by atoms with Gasteiger partial charge in [-0.25, -0.2) is 8.60 Å². The van der Waals surface area contributed by atoms with E-state index in [1.807, 2.05) is 0 Å². The molecule has 3 N–H and O–H groups in total. The zero-order chi connectivity index (χ0) is 13.1. The quantitative estimate of drug-likeness (QED) is 0.662. The average molecular weight is 265 g/mol. The van der Waals surface area contributed by atoms with Gasteiger partial charge < -0.3 is 10.3 Å². The SMILES string of the molecule is Nc1cc(CS(=O)O)ccc1-c1ccc(F)cc1. The van der Waals surface area contributed by atoms with Crippen LogP contribution in [0.5, 0.6) is 0 Å². The summed E-state index contributed by atoms with van der Waals surface area (Å²) in [6.45, 7) is 0. The predicted octanol–water partition coefficient (Wildman–Crippen LogP) is 2.80. The normalized spacial score (nSPS) is 12.3. The highest BCUT2D eigenvalue weighted by Crippen LogP contribution is 2.27. The van der Waals surface area contributed by atoms with E-state index in [0.29, 0.717) is 11.3 Å². The Morgan fingerprint density at radius 3 is 2.39 bits per heavy atom. The second-order valence-corrected chi connectivity index (χ2v) is 4.83. The minimum Gasteiger partial charge on any atom is -0.398 e. The van der Waals surface area contributed by atoms with E-state index >= 15 is 0 Å². The van der Waals surface area contributed by atoms with Crippen molar-refractivity contribution < 1.29 is 13.2 Å². The summed E-state index contributed by atoms with van der Waals surface area (Å²) in [5, 5.41) is 0. The molecule has 0 aliphatic rings. The van der Waals surface area contributed by atoms with Gasteiger partial charge in [-0.1, -0.05) is 24.3 Å². The molecule has 0 radical (unpaired) electrons. The molecule has 2 rings (SSSR count). The number of nitrogen functional groups attached to an aromatic ring is 1. The van der Waals surface area contributed by atoms with Crippen LogP contribution in [0.25, 0.3) is 11.1 Å². The number of anilines is 1. The second-order valence-electron chi connectivity index (χ2n) is 3.89. The molecule has 0 fully saturated rings. The highest BCUT2D eigenvalue weighted by atomic mass is 32.2. The van der Waals surface area contributed by atoms with E-state index in [9.17, 15) is 8.60 Å². The topological polar surface area (TPSA) is 63.3 Å². The maximum Gasteiger partial charge on any atom is 0.157 e. The highest BCUT2D eigenvalue weighted by Gasteiger charge is 2.05. The fourth-order valence-electron chi connectivity index (χ4n) is 1.74. The first-order chi connectivity index (χ1) is 8.56. The third kappa shape index (κ3) is 2.94. The van der Waals surface area contributed by atoms with Crippen molar-refractivity contribution in [2.75, 3.05) is 5.73 Å². The Morgan fingerprint density at radius 2 is 1.83 bits per heavy atom. The molecule has 0 bridgehead atoms. The Morgan fingerprint density at radius 1 is 1.17 bits per heavy atom. The molecule has 0 spiro atoms. The molecule has 3 nitrogen and oxygen atoms in total. The molecule has 0 heterocycles. The first-order valence-corrected chi connectivity index (χ1v) is 6.55. The van der Waals surface area contributed by atoms with Crippen LogP contribution in [0.3, 0.4) is 0 Å². The molecule has 2 aromatic rings. The van der Waals surface area contributed by atoms with Crippen molar-refractivity contribution >= 4 is 16.8 Å². The first kappa shape index (κ1) is 12.7. The fourth-order valence-corrected chi connectivity index (χ4v) is 2.20. The van der Waals surface area contributed by atoms with Gasteiger partial charge in [0.2, 0.25) is 0 Å². The highest BCUT2D eigenvalue weighted by molar-refractivity contribution is 7.78.